The highest BCUT2D eigenvalue weighted by Crippen LogP contribution is 2.53. The number of fused-ring (bicyclic) bond motifs is 7. The second-order valence-corrected chi connectivity index (χ2v) is 10.7. The molecule has 8 heteroatoms. The number of carbonyl (C=O) groups excluding carboxylic acids is 1. The van der Waals surface area contributed by atoms with E-state index in [0.717, 1.165) is 53.9 Å². The Labute approximate surface area is 207 Å². The molecule has 1 atom stereocenters. The first kappa shape index (κ1) is 20.8. The van der Waals surface area contributed by atoms with Crippen molar-refractivity contribution in [2.45, 2.75) is 57.3 Å². The second kappa shape index (κ2) is 7.72. The summed E-state index contributed by atoms with van der Waals surface area (Å²) in [6, 6.07) is 8.08. The lowest BCUT2D eigenvalue weighted by Gasteiger charge is -2.40. The Morgan fingerprint density at radius 2 is 1.94 bits per heavy atom. The number of nitriles is 1. The predicted molar refractivity (Wildman–Crippen MR) is 133 cm³/mol. The highest BCUT2D eigenvalue weighted by atomic mass is 32.1. The van der Waals surface area contributed by atoms with Crippen LogP contribution in [-0.4, -0.2) is 18.4 Å². The first-order valence-corrected chi connectivity index (χ1v) is 13.1. The molecule has 0 saturated carbocycles. The number of carbonyl (C=O) groups is 1. The van der Waals surface area contributed by atoms with Gasteiger partial charge in [0.05, 0.1) is 23.1 Å². The summed E-state index contributed by atoms with van der Waals surface area (Å²) in [5.41, 5.74) is 11.9. The van der Waals surface area contributed by atoms with Crippen molar-refractivity contribution < 1.29 is 14.3 Å². The number of aryl methyl sites for hydroxylation is 1. The number of hydrogen-bond donors (Lipinski definition) is 1. The maximum atomic E-state index is 13.5. The SMILES string of the molecule is N#CC1=C2N=C(N)c3c(sc4c3CCCCC4)N2C2=C(C(=O)CCC2)[C@H]1c1ccc2c(c1)OCO2. The van der Waals surface area contributed by atoms with Crippen LogP contribution in [-0.2, 0) is 17.6 Å². The average Bonchev–Trinajstić information content (AvgIpc) is 3.41. The van der Waals surface area contributed by atoms with Gasteiger partial charge in [0.25, 0.3) is 0 Å². The minimum atomic E-state index is -0.501. The molecule has 4 heterocycles. The topological polar surface area (TPSA) is 101 Å². The zero-order valence-corrected chi connectivity index (χ0v) is 20.0. The van der Waals surface area contributed by atoms with Crippen molar-refractivity contribution in [3.05, 3.63) is 62.4 Å². The van der Waals surface area contributed by atoms with Crippen LogP contribution in [0.2, 0.25) is 0 Å². The maximum absolute atomic E-state index is 13.5. The van der Waals surface area contributed by atoms with Gasteiger partial charge in [-0.25, -0.2) is 4.99 Å². The lowest BCUT2D eigenvalue weighted by Crippen LogP contribution is -2.38. The fourth-order valence-electron chi connectivity index (χ4n) is 6.12. The standard InChI is InChI=1S/C27H24N4O3S/c28-12-16-22(14-9-10-19-20(11-14)34-13-33-19)24-17(6-4-7-18(24)32)31-26(16)30-25(29)23-15-5-2-1-3-8-21(15)35-27(23)31/h9-11,22H,1-8,13H2,(H2,29,30)/t22-/m0/s1. The third-order valence-electron chi connectivity index (χ3n) is 7.67. The van der Waals surface area contributed by atoms with E-state index in [1.807, 2.05) is 18.2 Å². The molecule has 5 aliphatic rings. The molecule has 7 rings (SSSR count). The molecule has 1 aromatic carbocycles. The predicted octanol–water partition coefficient (Wildman–Crippen LogP) is 4.81. The molecule has 1 aromatic heterocycles. The lowest BCUT2D eigenvalue weighted by molar-refractivity contribution is -0.116. The molecular weight excluding hydrogens is 460 g/mol. The molecule has 0 unspecified atom stereocenters. The zero-order chi connectivity index (χ0) is 23.7. The lowest BCUT2D eigenvalue weighted by atomic mass is 9.75. The second-order valence-electron chi connectivity index (χ2n) is 9.61. The van der Waals surface area contributed by atoms with Crippen molar-refractivity contribution in [1.29, 1.82) is 5.26 Å². The van der Waals surface area contributed by atoms with Crippen molar-refractivity contribution >= 4 is 28.0 Å². The number of amidine groups is 1. The Balaban J connectivity index is 1.48. The van der Waals surface area contributed by atoms with Gasteiger partial charge in [0.15, 0.2) is 23.1 Å². The third-order valence-corrected chi connectivity index (χ3v) is 8.94. The van der Waals surface area contributed by atoms with Crippen LogP contribution in [0.1, 0.15) is 66.0 Å². The first-order chi connectivity index (χ1) is 17.2. The van der Waals surface area contributed by atoms with Crippen LogP contribution < -0.4 is 20.1 Å². The Kier molecular flexibility index (Phi) is 4.58. The van der Waals surface area contributed by atoms with Crippen LogP contribution in [0.3, 0.4) is 0 Å². The third kappa shape index (κ3) is 2.94. The maximum Gasteiger partial charge on any atom is 0.231 e. The molecule has 0 radical (unpaired) electrons. The molecule has 0 spiro atoms. The van der Waals surface area contributed by atoms with E-state index in [9.17, 15) is 10.1 Å². The number of nitrogens with zero attached hydrogens (tertiary/aromatic N) is 3. The summed E-state index contributed by atoms with van der Waals surface area (Å²) in [7, 11) is 0. The monoisotopic (exact) mass is 484 g/mol. The van der Waals surface area contributed by atoms with Crippen LogP contribution in [0.15, 0.2) is 45.9 Å². The Bertz CT molecular complexity index is 1440. The summed E-state index contributed by atoms with van der Waals surface area (Å²) in [5.74, 6) is 1.95. The van der Waals surface area contributed by atoms with E-state index in [2.05, 4.69) is 11.0 Å². The van der Waals surface area contributed by atoms with Gasteiger partial charge in [-0.3, -0.25) is 9.69 Å². The Hall–Kier alpha value is -3.57. The van der Waals surface area contributed by atoms with Crippen molar-refractivity contribution in [2.24, 2.45) is 10.7 Å². The van der Waals surface area contributed by atoms with E-state index < -0.39 is 5.92 Å². The Morgan fingerprint density at radius 3 is 2.83 bits per heavy atom. The van der Waals surface area contributed by atoms with Gasteiger partial charge in [-0.05, 0) is 61.8 Å². The normalized spacial score (nSPS) is 22.6. The van der Waals surface area contributed by atoms with Gasteiger partial charge >= 0.3 is 0 Å². The van der Waals surface area contributed by atoms with Gasteiger partial charge < -0.3 is 15.2 Å². The van der Waals surface area contributed by atoms with Crippen molar-refractivity contribution in [2.75, 3.05) is 11.7 Å². The average molecular weight is 485 g/mol. The van der Waals surface area contributed by atoms with Gasteiger partial charge in [0.1, 0.15) is 10.8 Å². The Morgan fingerprint density at radius 1 is 1.09 bits per heavy atom. The van der Waals surface area contributed by atoms with E-state index in [4.69, 9.17) is 20.2 Å². The number of benzene rings is 1. The van der Waals surface area contributed by atoms with Crippen LogP contribution in [0.25, 0.3) is 0 Å². The number of ether oxygens (including phenoxy) is 2. The molecule has 2 N–H and O–H groups in total. The highest BCUT2D eigenvalue weighted by Gasteiger charge is 2.44. The minimum Gasteiger partial charge on any atom is -0.454 e. The molecule has 7 nitrogen and oxygen atoms in total. The number of nitrogens with two attached hydrogens (primary N) is 1. The number of anilines is 1. The summed E-state index contributed by atoms with van der Waals surface area (Å²) in [5, 5.41) is 11.5. The summed E-state index contributed by atoms with van der Waals surface area (Å²) >= 11 is 1.76. The van der Waals surface area contributed by atoms with Crippen molar-refractivity contribution in [3.8, 4) is 17.6 Å². The fourth-order valence-corrected chi connectivity index (χ4v) is 7.54. The molecule has 0 bridgehead atoms. The van der Waals surface area contributed by atoms with Gasteiger partial charge in [0, 0.05) is 22.6 Å². The van der Waals surface area contributed by atoms with Crippen molar-refractivity contribution in [3.63, 3.8) is 0 Å². The van der Waals surface area contributed by atoms with E-state index in [0.29, 0.717) is 40.7 Å². The highest BCUT2D eigenvalue weighted by molar-refractivity contribution is 7.17. The molecule has 0 amide bonds. The summed E-state index contributed by atoms with van der Waals surface area (Å²) in [6.45, 7) is 0.170. The van der Waals surface area contributed by atoms with E-state index in [1.165, 1.54) is 23.3 Å². The van der Waals surface area contributed by atoms with E-state index in [1.54, 1.807) is 11.3 Å². The largest absolute Gasteiger partial charge is 0.454 e. The van der Waals surface area contributed by atoms with Crippen LogP contribution in [0.5, 0.6) is 11.5 Å². The minimum absolute atomic E-state index is 0.0999. The van der Waals surface area contributed by atoms with E-state index >= 15 is 0 Å². The van der Waals surface area contributed by atoms with Crippen LogP contribution in [0.4, 0.5) is 5.00 Å². The van der Waals surface area contributed by atoms with Gasteiger partial charge in [-0.1, -0.05) is 12.5 Å². The van der Waals surface area contributed by atoms with Crippen LogP contribution in [0, 0.1) is 11.3 Å². The molecule has 2 aliphatic carbocycles. The van der Waals surface area contributed by atoms with Gasteiger partial charge in [-0.2, -0.15) is 5.26 Å². The number of hydrogen-bond acceptors (Lipinski definition) is 8. The zero-order valence-electron chi connectivity index (χ0n) is 19.2. The summed E-state index contributed by atoms with van der Waals surface area (Å²) < 4.78 is 11.1. The van der Waals surface area contributed by atoms with Crippen LogP contribution >= 0.6 is 11.3 Å². The fraction of sp³-hybridized carbons (Fsp3) is 0.370. The number of ketones is 1. The number of thiophene rings is 1. The van der Waals surface area contributed by atoms with Gasteiger partial charge in [-0.15, -0.1) is 11.3 Å². The summed E-state index contributed by atoms with van der Waals surface area (Å²) in [6.07, 6.45) is 7.63. The number of allylic oxidation sites excluding steroid dienone is 3. The van der Waals surface area contributed by atoms with E-state index in [-0.39, 0.29) is 12.6 Å². The molecule has 35 heavy (non-hydrogen) atoms. The summed E-state index contributed by atoms with van der Waals surface area (Å²) in [4.78, 5) is 21.8. The molecule has 3 aliphatic heterocycles. The molecule has 0 saturated heterocycles. The quantitative estimate of drug-likeness (QED) is 0.583. The van der Waals surface area contributed by atoms with Crippen molar-refractivity contribution in [1.82, 2.24) is 0 Å². The number of rotatable bonds is 1. The molecule has 2 aromatic rings. The molecule has 0 fully saturated rings. The molecular formula is C27H24N4O3S. The van der Waals surface area contributed by atoms with Gasteiger partial charge in [0.2, 0.25) is 6.79 Å². The number of aliphatic imine (C=N–C) groups is 1. The number of Topliss-reactive ketones (excluding diaryl/α,β-unsaturated/α-hetero) is 1. The first-order valence-electron chi connectivity index (χ1n) is 12.2. The smallest absolute Gasteiger partial charge is 0.231 e. The molecule has 176 valence electrons.